The summed E-state index contributed by atoms with van der Waals surface area (Å²) in [6, 6.07) is 3.32. The molecule has 0 amide bonds. The summed E-state index contributed by atoms with van der Waals surface area (Å²) in [5.41, 5.74) is -1.11. The Labute approximate surface area is 184 Å². The smallest absolute Gasteiger partial charge is 0.416 e. The molecule has 8 nitrogen and oxygen atoms in total. The van der Waals surface area contributed by atoms with E-state index < -0.39 is 33.1 Å². The standard InChI is InChI=1S/C20H26F3N5O3S/c21-20(22,23)15-5-3-7-17(13-15)32(30,31)25-16-6-4-9-26(14-16)11-12-28-19(29)27-10-2-1-8-18(27)24-28/h3,5,7,13,16H,1-2,4,6,8-12,14H2,(H-,25,30,31). The molecule has 4 rings (SSSR count). The summed E-state index contributed by atoms with van der Waals surface area (Å²) in [5, 5.41) is 4.42. The van der Waals surface area contributed by atoms with Crippen LogP contribution in [0, 0.1) is 0 Å². The van der Waals surface area contributed by atoms with Gasteiger partial charge in [-0.1, -0.05) is 10.3 Å². The van der Waals surface area contributed by atoms with E-state index in [0.717, 1.165) is 56.3 Å². The number of likely N-dealkylation sites (tertiary alicyclic amines) is 1. The molecule has 2 atom stereocenters. The molecular formula is C20H26F3N5O3S. The average Bonchev–Trinajstić information content (AvgIpc) is 3.08. The minimum absolute atomic E-state index is 0.112. The lowest BCUT2D eigenvalue weighted by molar-refractivity contribution is -0.137. The van der Waals surface area contributed by atoms with Crippen LogP contribution in [0.3, 0.4) is 0 Å². The molecule has 1 fully saturated rings. The molecule has 1 N–H and O–H groups in total. The minimum atomic E-state index is -4.61. The second kappa shape index (κ2) is 9.08. The van der Waals surface area contributed by atoms with Crippen molar-refractivity contribution in [3.05, 3.63) is 46.1 Å². The van der Waals surface area contributed by atoms with Crippen molar-refractivity contribution in [3.8, 4) is 0 Å². The fourth-order valence-corrected chi connectivity index (χ4v) is 5.62. The fraction of sp³-hybridized carbons (Fsp3) is 0.600. The van der Waals surface area contributed by atoms with Crippen molar-refractivity contribution < 1.29 is 21.9 Å². The summed E-state index contributed by atoms with van der Waals surface area (Å²) in [4.78, 5) is 14.1. The number of nitrogens with zero attached hydrogens (tertiary/aromatic N) is 4. The van der Waals surface area contributed by atoms with E-state index in [9.17, 15) is 26.7 Å². The van der Waals surface area contributed by atoms with Gasteiger partial charge in [-0.05, 0) is 44.4 Å². The van der Waals surface area contributed by atoms with E-state index in [1.165, 1.54) is 4.68 Å². The quantitative estimate of drug-likeness (QED) is 0.648. The summed E-state index contributed by atoms with van der Waals surface area (Å²) in [6.45, 7) is 2.81. The molecule has 12 heteroatoms. The summed E-state index contributed by atoms with van der Waals surface area (Å²) >= 11 is 0. The molecule has 2 aromatic rings. The van der Waals surface area contributed by atoms with Crippen LogP contribution in [-0.2, 0) is 40.3 Å². The Hall–Kier alpha value is -2.02. The predicted octanol–water partition coefficient (Wildman–Crippen LogP) is 2.06. The highest BCUT2D eigenvalue weighted by atomic mass is 32.3. The number of rotatable bonds is 6. The molecule has 176 valence electrons. The maximum absolute atomic E-state index is 12.9. The van der Waals surface area contributed by atoms with Gasteiger partial charge in [-0.3, -0.25) is 9.47 Å². The zero-order valence-electron chi connectivity index (χ0n) is 17.5. The van der Waals surface area contributed by atoms with Crippen molar-refractivity contribution in [2.45, 2.75) is 62.3 Å². The van der Waals surface area contributed by atoms with Gasteiger partial charge < -0.3 is 4.55 Å². The van der Waals surface area contributed by atoms with Crippen LogP contribution >= 0.6 is 0 Å². The molecule has 0 spiro atoms. The molecule has 2 aliphatic heterocycles. The first-order chi connectivity index (χ1) is 15.1. The number of hydrogen-bond donors (Lipinski definition) is 1. The summed E-state index contributed by atoms with van der Waals surface area (Å²) in [5.74, 6) is 0.812. The molecule has 3 heterocycles. The first-order valence-corrected chi connectivity index (χ1v) is 12.2. The number of nitrogens with one attached hydrogen (secondary N) is 1. The number of alkyl halides is 3. The van der Waals surface area contributed by atoms with Gasteiger partial charge in [-0.25, -0.2) is 9.48 Å². The Bertz CT molecular complexity index is 1070. The topological polar surface area (TPSA) is 95.2 Å². The van der Waals surface area contributed by atoms with Gasteiger partial charge >= 0.3 is 11.9 Å². The third kappa shape index (κ3) is 5.13. The van der Waals surface area contributed by atoms with Crippen LogP contribution in [-0.4, -0.2) is 49.5 Å². The van der Waals surface area contributed by atoms with Crippen LogP contribution in [0.1, 0.15) is 37.1 Å². The molecule has 2 unspecified atom stereocenters. The van der Waals surface area contributed by atoms with Crippen molar-refractivity contribution in [2.24, 2.45) is 0 Å². The lowest BCUT2D eigenvalue weighted by atomic mass is 10.1. The molecule has 32 heavy (non-hydrogen) atoms. The normalized spacial score (nSPS) is 21.8. The van der Waals surface area contributed by atoms with Crippen LogP contribution in [0.25, 0.3) is 0 Å². The lowest BCUT2D eigenvalue weighted by Gasteiger charge is -2.33. The highest BCUT2D eigenvalue weighted by Gasteiger charge is 2.34. The summed E-state index contributed by atoms with van der Waals surface area (Å²) in [7, 11) is -4.09. The third-order valence-electron chi connectivity index (χ3n) is 5.96. The van der Waals surface area contributed by atoms with Gasteiger partial charge in [0.25, 0.3) is 0 Å². The first-order valence-electron chi connectivity index (χ1n) is 10.7. The largest absolute Gasteiger partial charge is 0.593 e. The van der Waals surface area contributed by atoms with Gasteiger partial charge in [-0.2, -0.15) is 18.3 Å². The number of benzene rings is 1. The van der Waals surface area contributed by atoms with E-state index in [1.807, 2.05) is 4.90 Å². The zero-order chi connectivity index (χ0) is 22.9. The van der Waals surface area contributed by atoms with Crippen molar-refractivity contribution in [2.75, 3.05) is 19.6 Å². The molecule has 1 aromatic heterocycles. The van der Waals surface area contributed by atoms with Crippen LogP contribution in [0.4, 0.5) is 13.2 Å². The van der Waals surface area contributed by atoms with E-state index in [-0.39, 0.29) is 5.69 Å². The molecule has 1 aromatic carbocycles. The molecule has 2 aliphatic rings. The number of fused-ring (bicyclic) bond motifs is 1. The van der Waals surface area contributed by atoms with Gasteiger partial charge in [0, 0.05) is 32.1 Å². The van der Waals surface area contributed by atoms with Gasteiger partial charge in [0.05, 0.1) is 18.2 Å². The number of aryl methyl sites for hydroxylation is 1. The maximum Gasteiger partial charge on any atom is 0.416 e. The van der Waals surface area contributed by atoms with Crippen molar-refractivity contribution in [3.63, 3.8) is 0 Å². The van der Waals surface area contributed by atoms with E-state index >= 15 is 0 Å². The second-order valence-electron chi connectivity index (χ2n) is 8.32. The summed E-state index contributed by atoms with van der Waals surface area (Å²) in [6.07, 6.45) is -0.491. The number of piperidine rings is 1. The maximum atomic E-state index is 12.9. The molecule has 0 bridgehead atoms. The number of hydrogen-bond acceptors (Lipinski definition) is 5. The Morgan fingerprint density at radius 3 is 2.75 bits per heavy atom. The number of sulfonamides is 1. The van der Waals surface area contributed by atoms with Crippen LogP contribution in [0.15, 0.2) is 34.0 Å². The van der Waals surface area contributed by atoms with Crippen molar-refractivity contribution in [1.82, 2.24) is 24.0 Å². The molecular weight excluding hydrogens is 447 g/mol. The highest BCUT2D eigenvalue weighted by molar-refractivity contribution is 7.95. The zero-order valence-corrected chi connectivity index (χ0v) is 18.3. The van der Waals surface area contributed by atoms with Crippen molar-refractivity contribution >= 4 is 10.4 Å². The van der Waals surface area contributed by atoms with E-state index in [2.05, 4.69) is 9.82 Å². The Balaban J connectivity index is 1.37. The molecule has 0 aliphatic carbocycles. The Morgan fingerprint density at radius 2 is 2.00 bits per heavy atom. The monoisotopic (exact) mass is 473 g/mol. The minimum Gasteiger partial charge on any atom is -0.593 e. The molecule has 0 radical (unpaired) electrons. The van der Waals surface area contributed by atoms with Crippen LogP contribution in [0.5, 0.6) is 0 Å². The average molecular weight is 474 g/mol. The van der Waals surface area contributed by atoms with Crippen LogP contribution < -0.4 is 10.4 Å². The highest BCUT2D eigenvalue weighted by Crippen LogP contribution is 2.31. The lowest BCUT2D eigenvalue weighted by Crippen LogP contribution is -2.50. The van der Waals surface area contributed by atoms with Gasteiger partial charge in [0.2, 0.25) is 0 Å². The summed E-state index contributed by atoms with van der Waals surface area (Å²) < 4.78 is 69.9. The SMILES string of the molecule is O=c1n(CCN2CCCC(N[S+](=O)([O-])c3cccc(C(F)(F)F)c3)C2)nc2n1CCCC2. The Morgan fingerprint density at radius 1 is 1.19 bits per heavy atom. The number of halogens is 3. The fourth-order valence-electron chi connectivity index (χ4n) is 4.31. The predicted molar refractivity (Wildman–Crippen MR) is 111 cm³/mol. The van der Waals surface area contributed by atoms with Crippen molar-refractivity contribution in [1.29, 1.82) is 0 Å². The van der Waals surface area contributed by atoms with Gasteiger partial charge in [0.15, 0.2) is 15.3 Å². The number of aromatic nitrogens is 3. The van der Waals surface area contributed by atoms with E-state index in [1.54, 1.807) is 4.57 Å². The molecule has 0 saturated carbocycles. The Kier molecular flexibility index (Phi) is 6.57. The van der Waals surface area contributed by atoms with Gasteiger partial charge in [-0.15, -0.1) is 4.72 Å². The third-order valence-corrected chi connectivity index (χ3v) is 7.48. The van der Waals surface area contributed by atoms with E-state index in [0.29, 0.717) is 38.7 Å². The molecule has 1 saturated heterocycles. The van der Waals surface area contributed by atoms with E-state index in [4.69, 9.17) is 0 Å². The van der Waals surface area contributed by atoms with Crippen LogP contribution in [0.2, 0.25) is 0 Å². The first kappa shape index (κ1) is 23.1. The van der Waals surface area contributed by atoms with Gasteiger partial charge in [0.1, 0.15) is 5.82 Å². The second-order valence-corrected chi connectivity index (χ2v) is 10.0.